The number of nitrogens with zero attached hydrogens (tertiary/aromatic N) is 2. The normalized spacial score (nSPS) is 13.3. The molecule has 1 aromatic heterocycles. The van der Waals surface area contributed by atoms with Gasteiger partial charge in [-0.05, 0) is 135 Å². The van der Waals surface area contributed by atoms with Gasteiger partial charge in [0.15, 0.2) is 0 Å². The van der Waals surface area contributed by atoms with Crippen molar-refractivity contribution >= 4 is 72.1 Å². The molecule has 11 aromatic rings. The molecule has 0 amide bonds. The second-order valence-corrected chi connectivity index (χ2v) is 18.2. The van der Waals surface area contributed by atoms with E-state index in [4.69, 9.17) is 0 Å². The second-order valence-electron chi connectivity index (χ2n) is 18.2. The van der Waals surface area contributed by atoms with Crippen LogP contribution >= 0.6 is 0 Å². The first kappa shape index (κ1) is 39.9. The van der Waals surface area contributed by atoms with E-state index in [2.05, 4.69) is 252 Å². The van der Waals surface area contributed by atoms with Gasteiger partial charge in [-0.1, -0.05) is 194 Å². The summed E-state index contributed by atoms with van der Waals surface area (Å²) in [6, 6.07) is 78.9. The van der Waals surface area contributed by atoms with E-state index in [0.29, 0.717) is 0 Å². The molecule has 0 bridgehead atoms. The number of fused-ring (bicyclic) bond motifs is 8. The molecule has 2 nitrogen and oxygen atoms in total. The number of aryl methyl sites for hydroxylation is 1. The van der Waals surface area contributed by atoms with Gasteiger partial charge in [0.2, 0.25) is 0 Å². The maximum Gasteiger partial charge on any atom is 0.0616 e. The number of para-hydroxylation sites is 3. The van der Waals surface area contributed by atoms with Gasteiger partial charge in [0.25, 0.3) is 0 Å². The summed E-state index contributed by atoms with van der Waals surface area (Å²) in [6.45, 7) is 0. The van der Waals surface area contributed by atoms with Crippen molar-refractivity contribution in [3.05, 3.63) is 253 Å². The zero-order valence-electron chi connectivity index (χ0n) is 37.8. The Morgan fingerprint density at radius 3 is 1.96 bits per heavy atom. The second kappa shape index (κ2) is 16.8. The summed E-state index contributed by atoms with van der Waals surface area (Å²) in [7, 11) is 0. The van der Waals surface area contributed by atoms with E-state index in [-0.39, 0.29) is 0 Å². The van der Waals surface area contributed by atoms with Crippen LogP contribution in [0.2, 0.25) is 0 Å². The van der Waals surface area contributed by atoms with Gasteiger partial charge >= 0.3 is 0 Å². The Bertz CT molecular complexity index is 3840. The van der Waals surface area contributed by atoms with Crippen LogP contribution in [-0.4, -0.2) is 4.57 Å². The number of rotatable bonds is 8. The first-order valence-corrected chi connectivity index (χ1v) is 24.0. The van der Waals surface area contributed by atoms with Crippen LogP contribution in [0.15, 0.2) is 237 Å². The summed E-state index contributed by atoms with van der Waals surface area (Å²) >= 11 is 0. The lowest BCUT2D eigenvalue weighted by Crippen LogP contribution is -2.11. The van der Waals surface area contributed by atoms with Crippen molar-refractivity contribution in [1.82, 2.24) is 4.57 Å². The van der Waals surface area contributed by atoms with E-state index in [0.717, 1.165) is 42.7 Å². The van der Waals surface area contributed by atoms with Crippen LogP contribution in [0.1, 0.15) is 36.0 Å². The van der Waals surface area contributed by atoms with Crippen LogP contribution in [0.25, 0.3) is 94.1 Å². The van der Waals surface area contributed by atoms with E-state index in [9.17, 15) is 0 Å². The lowest BCUT2D eigenvalue weighted by molar-refractivity contribution is 0.986. The molecule has 2 aliphatic carbocycles. The minimum atomic E-state index is 1.06. The van der Waals surface area contributed by atoms with Gasteiger partial charge < -0.3 is 9.47 Å². The maximum absolute atomic E-state index is 2.51. The summed E-state index contributed by atoms with van der Waals surface area (Å²) in [4.78, 5) is 2.45. The Kier molecular flexibility index (Phi) is 9.83. The Morgan fingerprint density at radius 2 is 1.10 bits per heavy atom. The van der Waals surface area contributed by atoms with Gasteiger partial charge in [-0.25, -0.2) is 0 Å². The fraction of sp³-hybridized carbons (Fsp3) is 0.0606. The molecule has 0 saturated carbocycles. The third kappa shape index (κ3) is 6.79. The minimum absolute atomic E-state index is 1.06. The van der Waals surface area contributed by atoms with Crippen molar-refractivity contribution in [2.45, 2.75) is 25.7 Å². The fourth-order valence-corrected chi connectivity index (χ4v) is 11.1. The molecule has 0 saturated heterocycles. The highest BCUT2D eigenvalue weighted by atomic mass is 15.1. The Balaban J connectivity index is 0.970. The molecule has 0 aliphatic heterocycles. The minimum Gasteiger partial charge on any atom is -0.310 e. The van der Waals surface area contributed by atoms with Crippen molar-refractivity contribution in [1.29, 1.82) is 0 Å². The summed E-state index contributed by atoms with van der Waals surface area (Å²) in [5.74, 6) is 0. The first-order chi connectivity index (χ1) is 33.7. The van der Waals surface area contributed by atoms with E-state index in [1.165, 1.54) is 105 Å². The summed E-state index contributed by atoms with van der Waals surface area (Å²) < 4.78 is 2.51. The highest BCUT2D eigenvalue weighted by Crippen LogP contribution is 2.45. The third-order valence-electron chi connectivity index (χ3n) is 14.3. The van der Waals surface area contributed by atoms with Crippen molar-refractivity contribution in [2.75, 3.05) is 4.90 Å². The number of allylic oxidation sites excluding steroid dienone is 5. The number of aromatic nitrogens is 1. The van der Waals surface area contributed by atoms with Crippen LogP contribution in [0, 0.1) is 0 Å². The molecular formula is C66H48N2. The van der Waals surface area contributed by atoms with Gasteiger partial charge in [-0.2, -0.15) is 0 Å². The molecule has 0 fully saturated rings. The van der Waals surface area contributed by atoms with Crippen LogP contribution in [0.4, 0.5) is 17.1 Å². The molecule has 0 spiro atoms. The third-order valence-corrected chi connectivity index (χ3v) is 14.3. The Hall–Kier alpha value is -8.46. The van der Waals surface area contributed by atoms with E-state index in [1.54, 1.807) is 0 Å². The van der Waals surface area contributed by atoms with Crippen LogP contribution < -0.4 is 4.90 Å². The van der Waals surface area contributed by atoms with Crippen molar-refractivity contribution < 1.29 is 0 Å². The van der Waals surface area contributed by atoms with Gasteiger partial charge in [-0.3, -0.25) is 0 Å². The molecule has 2 aliphatic rings. The van der Waals surface area contributed by atoms with Crippen LogP contribution in [-0.2, 0) is 6.42 Å². The van der Waals surface area contributed by atoms with Crippen molar-refractivity contribution in [3.63, 3.8) is 0 Å². The molecule has 0 unspecified atom stereocenters. The first-order valence-electron chi connectivity index (χ1n) is 24.0. The van der Waals surface area contributed by atoms with Crippen molar-refractivity contribution in [2.24, 2.45) is 0 Å². The SMILES string of the molecule is C1=CCCC(c2ccc(-c3ccccc3N(c3ccc(-c4ccccc4-n4c5ccccc5c5ccc6c(c54)C=CCC6)cc3)c3cccc(-c4cc5ccccc5c5ccccc45)c3)cc2)=C1. The van der Waals surface area contributed by atoms with Gasteiger partial charge in [-0.15, -0.1) is 0 Å². The maximum atomic E-state index is 2.51. The molecule has 0 atom stereocenters. The quantitative estimate of drug-likeness (QED) is 0.138. The lowest BCUT2D eigenvalue weighted by atomic mass is 9.93. The summed E-state index contributed by atoms with van der Waals surface area (Å²) in [5.41, 5.74) is 19.6. The molecule has 10 aromatic carbocycles. The standard InChI is InChI=1S/C66H48N2/c1-2-17-45(18-3-1)46-33-35-48(36-34-46)55-24-10-13-30-63(55)67(53-22-16-21-50(43-53)62-44-51-20-5-6-23-54(51)58-27-8-9-28-59(58)62)52-40-37-49(38-41-52)56-25-11-14-31-64(56)68-65-32-15-12-29-60(65)61-42-39-47-19-4-7-26-57(47)66(61)68/h1-2,5-17,20-44H,3-4,18-19H2. The average molecular weight is 869 g/mol. The number of benzene rings is 10. The Labute approximate surface area is 397 Å². The fourth-order valence-electron chi connectivity index (χ4n) is 11.1. The highest BCUT2D eigenvalue weighted by molar-refractivity contribution is 6.14. The summed E-state index contributed by atoms with van der Waals surface area (Å²) in [6.07, 6.45) is 15.7. The zero-order chi connectivity index (χ0) is 45.0. The van der Waals surface area contributed by atoms with E-state index < -0.39 is 0 Å². The largest absolute Gasteiger partial charge is 0.310 e. The highest BCUT2D eigenvalue weighted by Gasteiger charge is 2.22. The molecule has 0 radical (unpaired) electrons. The molecular weight excluding hydrogens is 821 g/mol. The van der Waals surface area contributed by atoms with Gasteiger partial charge in [0.05, 0.1) is 22.4 Å². The lowest BCUT2D eigenvalue weighted by Gasteiger charge is -2.29. The number of hydrogen-bond donors (Lipinski definition) is 0. The van der Waals surface area contributed by atoms with E-state index in [1.807, 2.05) is 0 Å². The molecule has 1 heterocycles. The Morgan fingerprint density at radius 1 is 0.412 bits per heavy atom. The predicted octanol–water partition coefficient (Wildman–Crippen LogP) is 18.3. The molecule has 68 heavy (non-hydrogen) atoms. The van der Waals surface area contributed by atoms with E-state index >= 15 is 0 Å². The monoisotopic (exact) mass is 868 g/mol. The smallest absolute Gasteiger partial charge is 0.0616 e. The average Bonchev–Trinajstić information content (AvgIpc) is 3.76. The van der Waals surface area contributed by atoms with Gasteiger partial charge in [0.1, 0.15) is 0 Å². The number of hydrogen-bond acceptors (Lipinski definition) is 1. The molecule has 2 heteroatoms. The van der Waals surface area contributed by atoms with Crippen LogP contribution in [0.3, 0.4) is 0 Å². The topological polar surface area (TPSA) is 8.17 Å². The number of anilines is 3. The van der Waals surface area contributed by atoms with Crippen LogP contribution in [0.5, 0.6) is 0 Å². The zero-order valence-corrected chi connectivity index (χ0v) is 37.8. The molecule has 322 valence electrons. The predicted molar refractivity (Wildman–Crippen MR) is 290 cm³/mol. The molecule has 13 rings (SSSR count). The summed E-state index contributed by atoms with van der Waals surface area (Å²) in [5, 5.41) is 7.61. The van der Waals surface area contributed by atoms with Gasteiger partial charge in [0, 0.05) is 38.8 Å². The molecule has 0 N–H and O–H groups in total. The van der Waals surface area contributed by atoms with Crippen molar-refractivity contribution in [3.8, 4) is 39.1 Å².